The molecule has 7 rings (SSSR count). The Morgan fingerprint density at radius 3 is 2.14 bits per heavy atom. The van der Waals surface area contributed by atoms with Crippen molar-refractivity contribution in [3.63, 3.8) is 0 Å². The maximum absolute atomic E-state index is 13.7. The van der Waals surface area contributed by atoms with Gasteiger partial charge in [0.2, 0.25) is 5.91 Å². The Hall–Kier alpha value is -6.79. The fourth-order valence-electron chi connectivity index (χ4n) is 7.42. The number of hydrogen-bond donors (Lipinski definition) is 4. The number of imidazole rings is 2. The second-order valence-corrected chi connectivity index (χ2v) is 14.2. The second-order valence-electron chi connectivity index (χ2n) is 14.2. The molecule has 2 aromatic heterocycles. The number of carbonyl (C=O) groups is 3. The van der Waals surface area contributed by atoms with Crippen LogP contribution in [0.5, 0.6) is 0 Å². The molecule has 4 N–H and O–H groups in total. The molecule has 12 heteroatoms. The lowest BCUT2D eigenvalue weighted by atomic mass is 9.95. The number of amides is 3. The summed E-state index contributed by atoms with van der Waals surface area (Å²) in [5.41, 5.74) is 7.17. The first-order valence-electron chi connectivity index (χ1n) is 18.8. The van der Waals surface area contributed by atoms with E-state index in [0.29, 0.717) is 36.9 Å². The highest BCUT2D eigenvalue weighted by atomic mass is 16.5. The Labute approximate surface area is 325 Å². The van der Waals surface area contributed by atoms with Crippen molar-refractivity contribution in [3.8, 4) is 57.2 Å². The minimum absolute atomic E-state index is 0.130. The van der Waals surface area contributed by atoms with Gasteiger partial charge in [0.05, 0.1) is 37.3 Å². The van der Waals surface area contributed by atoms with Crippen LogP contribution in [0, 0.1) is 29.6 Å². The quantitative estimate of drug-likeness (QED) is 0.121. The number of ether oxygens (including phenoxy) is 1. The minimum atomic E-state index is -0.953. The van der Waals surface area contributed by atoms with Gasteiger partial charge in [-0.2, -0.15) is 0 Å². The number of carbonyl (C=O) groups excluding carboxylic acids is 2. The predicted octanol–water partition coefficient (Wildman–Crippen LogP) is 7.40. The molecule has 2 fully saturated rings. The molecule has 0 saturated carbocycles. The Bertz CT molecular complexity index is 2340. The lowest BCUT2D eigenvalue weighted by Gasteiger charge is -2.30. The summed E-state index contributed by atoms with van der Waals surface area (Å²) in [6.07, 6.45) is 4.88. The Morgan fingerprint density at radius 2 is 1.43 bits per heavy atom. The molecule has 12 nitrogen and oxygen atoms in total. The van der Waals surface area contributed by atoms with Crippen molar-refractivity contribution in [1.82, 2.24) is 35.1 Å². The van der Waals surface area contributed by atoms with Gasteiger partial charge < -0.3 is 30.0 Å². The van der Waals surface area contributed by atoms with Gasteiger partial charge >= 0.3 is 12.2 Å². The third-order valence-corrected chi connectivity index (χ3v) is 10.3. The van der Waals surface area contributed by atoms with E-state index in [1.165, 1.54) is 12.0 Å². The van der Waals surface area contributed by atoms with Crippen LogP contribution in [0.4, 0.5) is 9.59 Å². The van der Waals surface area contributed by atoms with E-state index in [1.54, 1.807) is 17.3 Å². The largest absolute Gasteiger partial charge is 0.465 e. The standard InChI is InChI=1S/C44H43N7O5/c1-28(2)39(49-43(53)56-3)42(52)50-23-9-15-37(50)41-46-27-36(48-41)33-22-21-31(35(25-33)32-19-17-30(18-20-32)29-11-5-4-6-12-29)13-7-8-14-34-26-45-40(47-34)38-16-10-24-51(38)44(54)55/h4-6,11-12,17-22,25-28,37-39H,9-10,15-16,23-24H2,1-3H3,(H,45,47)(H,46,48)(H,49,53)(H,54,55)/t37-,38-,39-/m0/s1. The fraction of sp³-hybridized carbons (Fsp3) is 0.295. The summed E-state index contributed by atoms with van der Waals surface area (Å²) >= 11 is 0. The number of aromatic nitrogens is 4. The Morgan fingerprint density at radius 1 is 0.804 bits per heavy atom. The van der Waals surface area contributed by atoms with Gasteiger partial charge in [-0.1, -0.05) is 80.4 Å². The fourth-order valence-corrected chi connectivity index (χ4v) is 7.42. The van der Waals surface area contributed by atoms with Crippen LogP contribution in [0.25, 0.3) is 33.5 Å². The number of methoxy groups -OCH3 is 1. The first kappa shape index (κ1) is 37.5. The maximum Gasteiger partial charge on any atom is 0.407 e. The van der Waals surface area contributed by atoms with Crippen molar-refractivity contribution in [3.05, 3.63) is 108 Å². The van der Waals surface area contributed by atoms with Crippen molar-refractivity contribution < 1.29 is 24.2 Å². The monoisotopic (exact) mass is 749 g/mol. The van der Waals surface area contributed by atoms with Crippen LogP contribution in [0.3, 0.4) is 0 Å². The van der Waals surface area contributed by atoms with Crippen LogP contribution in [0.1, 0.15) is 74.5 Å². The molecule has 3 aromatic carbocycles. The Kier molecular flexibility index (Phi) is 11.2. The van der Waals surface area contributed by atoms with Crippen LogP contribution in [0.15, 0.2) is 85.2 Å². The highest BCUT2D eigenvalue weighted by Gasteiger charge is 2.37. The first-order chi connectivity index (χ1) is 27.2. The molecule has 0 bridgehead atoms. The molecule has 0 radical (unpaired) electrons. The summed E-state index contributed by atoms with van der Waals surface area (Å²) in [4.78, 5) is 56.3. The molecule has 2 aliphatic rings. The van der Waals surface area contributed by atoms with E-state index < -0.39 is 18.2 Å². The molecule has 284 valence electrons. The van der Waals surface area contributed by atoms with Crippen LogP contribution >= 0.6 is 0 Å². The van der Waals surface area contributed by atoms with Gasteiger partial charge in [0, 0.05) is 24.2 Å². The van der Waals surface area contributed by atoms with Gasteiger partial charge in [0.15, 0.2) is 0 Å². The highest BCUT2D eigenvalue weighted by Crippen LogP contribution is 2.35. The summed E-state index contributed by atoms with van der Waals surface area (Å²) in [6, 6.07) is 23.3. The summed E-state index contributed by atoms with van der Waals surface area (Å²) in [6.45, 7) is 4.84. The molecule has 2 aliphatic heterocycles. The summed E-state index contributed by atoms with van der Waals surface area (Å²) in [5, 5.41) is 12.2. The van der Waals surface area contributed by atoms with E-state index in [9.17, 15) is 19.5 Å². The van der Waals surface area contributed by atoms with E-state index in [1.807, 2.05) is 44.2 Å². The molecule has 0 spiro atoms. The number of likely N-dealkylation sites (tertiary alicyclic amines) is 2. The van der Waals surface area contributed by atoms with Crippen molar-refractivity contribution in [2.45, 2.75) is 57.7 Å². The smallest absolute Gasteiger partial charge is 0.407 e. The van der Waals surface area contributed by atoms with Gasteiger partial charge in [0.1, 0.15) is 23.4 Å². The van der Waals surface area contributed by atoms with Crippen LogP contribution in [-0.2, 0) is 9.53 Å². The van der Waals surface area contributed by atoms with Crippen LogP contribution in [0.2, 0.25) is 0 Å². The lowest BCUT2D eigenvalue weighted by molar-refractivity contribution is -0.135. The SMILES string of the molecule is COC(=O)N[C@H](C(=O)N1CCC[C@H]1c1ncc(-c2ccc(C#CC#Cc3cnc([C@@H]4CCCN4C(=O)O)[nH]3)c(-c3ccc(-c4ccccc4)cc3)c2)[nH]1)C(C)C. The van der Waals surface area contributed by atoms with Gasteiger partial charge in [0.25, 0.3) is 0 Å². The van der Waals surface area contributed by atoms with E-state index in [2.05, 4.69) is 86.4 Å². The lowest BCUT2D eigenvalue weighted by Crippen LogP contribution is -2.51. The first-order valence-corrected chi connectivity index (χ1v) is 18.8. The van der Waals surface area contributed by atoms with Crippen molar-refractivity contribution in [2.75, 3.05) is 20.2 Å². The number of nitrogens with one attached hydrogen (secondary N) is 3. The molecular formula is C44H43N7O5. The molecule has 0 aliphatic carbocycles. The van der Waals surface area contributed by atoms with Crippen molar-refractivity contribution in [2.24, 2.45) is 5.92 Å². The van der Waals surface area contributed by atoms with E-state index in [0.717, 1.165) is 58.3 Å². The Balaban J connectivity index is 1.16. The van der Waals surface area contributed by atoms with Gasteiger partial charge in [-0.15, -0.1) is 0 Å². The van der Waals surface area contributed by atoms with Gasteiger partial charge in [-0.25, -0.2) is 19.6 Å². The van der Waals surface area contributed by atoms with E-state index in [4.69, 9.17) is 9.72 Å². The number of nitrogens with zero attached hydrogens (tertiary/aromatic N) is 4. The molecule has 56 heavy (non-hydrogen) atoms. The zero-order valence-corrected chi connectivity index (χ0v) is 31.5. The molecule has 3 atom stereocenters. The summed E-state index contributed by atoms with van der Waals surface area (Å²) in [5.74, 6) is 13.2. The average molecular weight is 750 g/mol. The molecular weight excluding hydrogens is 707 g/mol. The highest BCUT2D eigenvalue weighted by molar-refractivity contribution is 5.86. The van der Waals surface area contributed by atoms with E-state index >= 15 is 0 Å². The zero-order chi connectivity index (χ0) is 39.2. The third kappa shape index (κ3) is 8.15. The molecule has 0 unspecified atom stereocenters. The summed E-state index contributed by atoms with van der Waals surface area (Å²) < 4.78 is 4.78. The molecule has 3 amide bonds. The molecule has 2 saturated heterocycles. The van der Waals surface area contributed by atoms with Crippen LogP contribution < -0.4 is 5.32 Å². The van der Waals surface area contributed by atoms with E-state index in [-0.39, 0.29) is 23.9 Å². The molecule has 4 heterocycles. The zero-order valence-electron chi connectivity index (χ0n) is 31.5. The number of benzene rings is 3. The number of carboxylic acid groups (broad SMARTS) is 1. The van der Waals surface area contributed by atoms with Crippen LogP contribution in [-0.4, -0.2) is 79.2 Å². The maximum atomic E-state index is 13.7. The number of aromatic amines is 2. The number of rotatable bonds is 8. The van der Waals surface area contributed by atoms with Gasteiger partial charge in [-0.3, -0.25) is 9.69 Å². The normalized spacial score (nSPS) is 16.8. The van der Waals surface area contributed by atoms with Crippen molar-refractivity contribution >= 4 is 18.1 Å². The third-order valence-electron chi connectivity index (χ3n) is 10.3. The second kappa shape index (κ2) is 16.7. The van der Waals surface area contributed by atoms with Crippen molar-refractivity contribution in [1.29, 1.82) is 0 Å². The number of alkyl carbamates (subject to hydrolysis) is 1. The summed E-state index contributed by atoms with van der Waals surface area (Å²) in [7, 11) is 1.28. The molecule has 5 aromatic rings. The topological polar surface area (TPSA) is 157 Å². The average Bonchev–Trinajstić information content (AvgIpc) is 4.06. The predicted molar refractivity (Wildman–Crippen MR) is 212 cm³/mol. The minimum Gasteiger partial charge on any atom is -0.465 e. The number of hydrogen-bond acceptors (Lipinski definition) is 6. The van der Waals surface area contributed by atoms with Gasteiger partial charge in [-0.05, 0) is 83.7 Å². The number of H-pyrrole nitrogens is 2.